The second kappa shape index (κ2) is 6.98. The molecule has 0 aliphatic carbocycles. The summed E-state index contributed by atoms with van der Waals surface area (Å²) < 4.78 is 0. The van der Waals surface area contributed by atoms with Crippen LogP contribution in [-0.4, -0.2) is 11.8 Å². The Morgan fingerprint density at radius 1 is 1.05 bits per heavy atom. The topological polar surface area (TPSA) is 123 Å². The maximum Gasteiger partial charge on any atom is 0.251 e. The smallest absolute Gasteiger partial charge is 0.251 e. The number of nitrogens with one attached hydrogen (secondary N) is 1. The number of amides is 2. The highest BCUT2D eigenvalue weighted by molar-refractivity contribution is 5.94. The predicted octanol–water partition coefficient (Wildman–Crippen LogP) is 1.67. The summed E-state index contributed by atoms with van der Waals surface area (Å²) in [6, 6.07) is 13.3. The number of nitrogens with two attached hydrogens (primary N) is 2. The van der Waals surface area contributed by atoms with Crippen molar-refractivity contribution < 1.29 is 9.59 Å². The number of carbonyl (C=O) groups excluding carboxylic acids is 2. The Balaban J connectivity index is 2.00. The van der Waals surface area contributed by atoms with Crippen molar-refractivity contribution in [2.75, 3.05) is 0 Å². The minimum Gasteiger partial charge on any atom is -0.366 e. The van der Waals surface area contributed by atoms with Crippen LogP contribution in [0.1, 0.15) is 26.3 Å². The summed E-state index contributed by atoms with van der Waals surface area (Å²) >= 11 is 0. The first kappa shape index (κ1) is 15.2. The van der Waals surface area contributed by atoms with E-state index in [1.807, 2.05) is 0 Å². The van der Waals surface area contributed by atoms with Crippen molar-refractivity contribution in [3.63, 3.8) is 0 Å². The molecule has 7 nitrogen and oxygen atoms in total. The molecule has 0 radical (unpaired) electrons. The van der Waals surface area contributed by atoms with Gasteiger partial charge in [0.15, 0.2) is 0 Å². The molecule has 2 aromatic carbocycles. The largest absolute Gasteiger partial charge is 0.366 e. The van der Waals surface area contributed by atoms with Crippen molar-refractivity contribution >= 4 is 17.5 Å². The van der Waals surface area contributed by atoms with E-state index in [9.17, 15) is 9.59 Å². The van der Waals surface area contributed by atoms with E-state index in [1.165, 1.54) is 0 Å². The zero-order valence-electron chi connectivity index (χ0n) is 11.7. The number of benzene rings is 2. The van der Waals surface area contributed by atoms with Gasteiger partial charge in [0.2, 0.25) is 5.91 Å². The average Bonchev–Trinajstić information content (AvgIpc) is 2.54. The molecule has 0 atom stereocenters. The van der Waals surface area contributed by atoms with E-state index in [-0.39, 0.29) is 5.91 Å². The summed E-state index contributed by atoms with van der Waals surface area (Å²) in [6.07, 6.45) is 0. The van der Waals surface area contributed by atoms with Gasteiger partial charge in [0.05, 0.1) is 5.69 Å². The van der Waals surface area contributed by atoms with E-state index in [2.05, 4.69) is 15.7 Å². The first-order valence-electron chi connectivity index (χ1n) is 6.48. The molecule has 0 saturated heterocycles. The maximum atomic E-state index is 12.0. The van der Waals surface area contributed by atoms with Gasteiger partial charge < -0.3 is 16.9 Å². The average molecular weight is 297 g/mol. The van der Waals surface area contributed by atoms with E-state index in [0.717, 1.165) is 5.56 Å². The highest BCUT2D eigenvalue weighted by atomic mass is 16.2. The predicted molar refractivity (Wildman–Crippen MR) is 81.3 cm³/mol. The Bertz CT molecular complexity index is 710. The van der Waals surface area contributed by atoms with Gasteiger partial charge in [0, 0.05) is 17.7 Å². The molecule has 22 heavy (non-hydrogen) atoms. The summed E-state index contributed by atoms with van der Waals surface area (Å²) in [5, 5.41) is 9.58. The first-order valence-corrected chi connectivity index (χ1v) is 6.48. The van der Waals surface area contributed by atoms with Crippen molar-refractivity contribution in [3.05, 3.63) is 65.2 Å². The molecule has 112 valence electrons. The molecule has 0 heterocycles. The van der Waals surface area contributed by atoms with Gasteiger partial charge >= 0.3 is 0 Å². The number of hydrogen-bond donors (Lipinski definition) is 3. The van der Waals surface area contributed by atoms with Gasteiger partial charge in [-0.15, -0.1) is 5.11 Å². The molecule has 7 heteroatoms. The summed E-state index contributed by atoms with van der Waals surface area (Å²) in [5.74, 6) is 4.21. The normalized spacial score (nSPS) is 10.5. The van der Waals surface area contributed by atoms with Crippen LogP contribution in [0.4, 0.5) is 5.69 Å². The summed E-state index contributed by atoms with van der Waals surface area (Å²) in [6.45, 7) is 0.296. The lowest BCUT2D eigenvalue weighted by Gasteiger charge is -2.06. The molecule has 0 spiro atoms. The minimum atomic E-state index is -0.502. The van der Waals surface area contributed by atoms with Gasteiger partial charge in [0.1, 0.15) is 0 Å². The Morgan fingerprint density at radius 3 is 2.41 bits per heavy atom. The number of primary amides is 1. The molecule has 0 aliphatic rings. The molecule has 0 saturated carbocycles. The van der Waals surface area contributed by atoms with Gasteiger partial charge in [-0.1, -0.05) is 17.4 Å². The Labute approximate surface area is 127 Å². The molecule has 0 bridgehead atoms. The third-order valence-electron chi connectivity index (χ3n) is 2.97. The lowest BCUT2D eigenvalue weighted by Crippen LogP contribution is -2.23. The van der Waals surface area contributed by atoms with Gasteiger partial charge in [-0.2, -0.15) is 0 Å². The summed E-state index contributed by atoms with van der Waals surface area (Å²) in [7, 11) is 0. The van der Waals surface area contributed by atoms with Crippen LogP contribution in [-0.2, 0) is 6.54 Å². The van der Waals surface area contributed by atoms with Gasteiger partial charge in [-0.05, 0) is 42.0 Å². The Kier molecular flexibility index (Phi) is 4.81. The van der Waals surface area contributed by atoms with Crippen LogP contribution in [0.5, 0.6) is 0 Å². The molecule has 0 unspecified atom stereocenters. The van der Waals surface area contributed by atoms with E-state index in [1.54, 1.807) is 48.5 Å². The number of hydrogen-bond acceptors (Lipinski definition) is 4. The molecule has 2 aromatic rings. The fraction of sp³-hybridized carbons (Fsp3) is 0.0667. The lowest BCUT2D eigenvalue weighted by atomic mass is 10.1. The molecule has 0 fully saturated rings. The van der Waals surface area contributed by atoms with E-state index in [4.69, 9.17) is 11.6 Å². The van der Waals surface area contributed by atoms with Crippen LogP contribution >= 0.6 is 0 Å². The molecule has 2 amide bonds. The van der Waals surface area contributed by atoms with Crippen LogP contribution in [0, 0.1) is 0 Å². The van der Waals surface area contributed by atoms with Crippen LogP contribution in [0.15, 0.2) is 58.9 Å². The SMILES string of the molecule is NN=Nc1ccc(C(=O)NCc2cccc(C(N)=O)c2)cc1. The van der Waals surface area contributed by atoms with Crippen molar-refractivity contribution in [1.82, 2.24) is 5.32 Å². The third kappa shape index (κ3) is 3.89. The van der Waals surface area contributed by atoms with E-state index >= 15 is 0 Å². The molecule has 0 aliphatic heterocycles. The monoisotopic (exact) mass is 297 g/mol. The lowest BCUT2D eigenvalue weighted by molar-refractivity contribution is 0.0950. The van der Waals surface area contributed by atoms with Crippen molar-refractivity contribution in [2.45, 2.75) is 6.54 Å². The highest BCUT2D eigenvalue weighted by Gasteiger charge is 2.06. The van der Waals surface area contributed by atoms with Gasteiger partial charge in [0.25, 0.3) is 5.91 Å². The van der Waals surface area contributed by atoms with Crippen LogP contribution in [0.3, 0.4) is 0 Å². The molecule has 2 rings (SSSR count). The fourth-order valence-corrected chi connectivity index (χ4v) is 1.87. The first-order chi connectivity index (χ1) is 10.6. The third-order valence-corrected chi connectivity index (χ3v) is 2.97. The van der Waals surface area contributed by atoms with Crippen molar-refractivity contribution in [3.8, 4) is 0 Å². The fourth-order valence-electron chi connectivity index (χ4n) is 1.87. The van der Waals surface area contributed by atoms with Crippen LogP contribution in [0.25, 0.3) is 0 Å². The summed E-state index contributed by atoms with van der Waals surface area (Å²) in [4.78, 5) is 23.1. The minimum absolute atomic E-state index is 0.235. The molecular weight excluding hydrogens is 282 g/mol. The zero-order valence-corrected chi connectivity index (χ0v) is 11.7. The maximum absolute atomic E-state index is 12.0. The molecular formula is C15H15N5O2. The zero-order chi connectivity index (χ0) is 15.9. The highest BCUT2D eigenvalue weighted by Crippen LogP contribution is 2.13. The standard InChI is InChI=1S/C15H15N5O2/c16-14(21)12-3-1-2-10(8-12)9-18-15(22)11-4-6-13(7-5-11)19-20-17/h1-8H,9H2,(H2,16,21)(H2,17,19)(H,18,22). The molecule has 5 N–H and O–H groups in total. The van der Waals surface area contributed by atoms with Crippen molar-refractivity contribution in [2.24, 2.45) is 21.9 Å². The van der Waals surface area contributed by atoms with E-state index < -0.39 is 5.91 Å². The Morgan fingerprint density at radius 2 is 1.77 bits per heavy atom. The van der Waals surface area contributed by atoms with Crippen LogP contribution in [0.2, 0.25) is 0 Å². The molecule has 0 aromatic heterocycles. The van der Waals surface area contributed by atoms with E-state index in [0.29, 0.717) is 23.4 Å². The summed E-state index contributed by atoms with van der Waals surface area (Å²) in [5.41, 5.74) is 7.46. The second-order valence-corrected chi connectivity index (χ2v) is 4.51. The second-order valence-electron chi connectivity index (χ2n) is 4.51. The van der Waals surface area contributed by atoms with Crippen LogP contribution < -0.4 is 16.9 Å². The Hall–Kier alpha value is -3.22. The van der Waals surface area contributed by atoms with Crippen molar-refractivity contribution in [1.29, 1.82) is 0 Å². The van der Waals surface area contributed by atoms with Gasteiger partial charge in [-0.25, -0.2) is 0 Å². The quantitative estimate of drug-likeness (QED) is 0.442. The number of carbonyl (C=O) groups is 2. The van der Waals surface area contributed by atoms with Gasteiger partial charge in [-0.3, -0.25) is 9.59 Å². The number of nitrogens with zero attached hydrogens (tertiary/aromatic N) is 2. The number of rotatable bonds is 5.